The lowest BCUT2D eigenvalue weighted by Crippen LogP contribution is -2.40. The fraction of sp³-hybridized carbons (Fsp3) is 0.458. The van der Waals surface area contributed by atoms with Crippen LogP contribution in [0.1, 0.15) is 54.0 Å². The third kappa shape index (κ3) is 5.34. The molecule has 31 heavy (non-hydrogen) atoms. The molecular weight excluding hydrogens is 392 g/mol. The summed E-state index contributed by atoms with van der Waals surface area (Å²) >= 11 is 0. The van der Waals surface area contributed by atoms with Gasteiger partial charge in [0, 0.05) is 31.9 Å². The number of rotatable bonds is 6. The van der Waals surface area contributed by atoms with Crippen molar-refractivity contribution in [3.63, 3.8) is 0 Å². The third-order valence-corrected chi connectivity index (χ3v) is 6.15. The predicted molar refractivity (Wildman–Crippen MR) is 119 cm³/mol. The van der Waals surface area contributed by atoms with Crippen molar-refractivity contribution in [2.45, 2.75) is 51.0 Å². The van der Waals surface area contributed by atoms with Crippen molar-refractivity contribution in [3.8, 4) is 0 Å². The maximum Gasteiger partial charge on any atom is 0.317 e. The second kappa shape index (κ2) is 9.81. The van der Waals surface area contributed by atoms with E-state index in [1.165, 1.54) is 5.56 Å². The van der Waals surface area contributed by atoms with E-state index in [1.54, 1.807) is 4.90 Å². The number of nitrogens with zero attached hydrogens (tertiary/aromatic N) is 2. The molecule has 2 aliphatic rings. The molecule has 164 valence electrons. The first-order valence-corrected chi connectivity index (χ1v) is 11.1. The van der Waals surface area contributed by atoms with E-state index >= 15 is 0 Å². The van der Waals surface area contributed by atoms with E-state index in [0.717, 1.165) is 54.9 Å². The molecule has 2 amide bonds. The fourth-order valence-corrected chi connectivity index (χ4v) is 4.51. The Bertz CT molecular complexity index is 946. The Hall–Kier alpha value is -3.09. The number of urea groups is 1. The van der Waals surface area contributed by atoms with Gasteiger partial charge in [0.25, 0.3) is 0 Å². The summed E-state index contributed by atoms with van der Waals surface area (Å²) in [4.78, 5) is 30.5. The molecule has 2 aliphatic heterocycles. The van der Waals surface area contributed by atoms with Gasteiger partial charge in [0.2, 0.25) is 0 Å². The predicted octanol–water partition coefficient (Wildman–Crippen LogP) is 3.55. The highest BCUT2D eigenvalue weighted by Gasteiger charge is 2.26. The Morgan fingerprint density at radius 2 is 2.06 bits per heavy atom. The minimum absolute atomic E-state index is 0.0600. The first-order chi connectivity index (χ1) is 15.1. The van der Waals surface area contributed by atoms with Crippen LogP contribution in [-0.2, 0) is 24.2 Å². The summed E-state index contributed by atoms with van der Waals surface area (Å²) in [6.07, 6.45) is 4.62. The summed E-state index contributed by atoms with van der Waals surface area (Å²) in [5.74, 6) is 0.144. The van der Waals surface area contributed by atoms with Crippen molar-refractivity contribution in [1.82, 2.24) is 15.2 Å². The van der Waals surface area contributed by atoms with Crippen LogP contribution in [-0.4, -0.2) is 46.6 Å². The van der Waals surface area contributed by atoms with Gasteiger partial charge >= 0.3 is 12.0 Å². The van der Waals surface area contributed by atoms with Gasteiger partial charge in [-0.15, -0.1) is 0 Å². The molecule has 1 aromatic carbocycles. The minimum Gasteiger partial charge on any atom is -0.481 e. The van der Waals surface area contributed by atoms with Crippen LogP contribution in [0.5, 0.6) is 0 Å². The number of carbonyl (C=O) groups excluding carboxylic acids is 1. The molecule has 7 nitrogen and oxygen atoms in total. The highest BCUT2D eigenvalue weighted by atomic mass is 16.4. The summed E-state index contributed by atoms with van der Waals surface area (Å²) < 4.78 is 0. The molecule has 0 radical (unpaired) electrons. The van der Waals surface area contributed by atoms with E-state index in [4.69, 9.17) is 4.98 Å². The number of aliphatic carboxylic acids is 1. The summed E-state index contributed by atoms with van der Waals surface area (Å²) in [6, 6.07) is 12.0. The fourth-order valence-electron chi connectivity index (χ4n) is 4.51. The van der Waals surface area contributed by atoms with Crippen LogP contribution in [0.25, 0.3) is 0 Å². The maximum absolute atomic E-state index is 12.8. The zero-order valence-corrected chi connectivity index (χ0v) is 17.8. The number of aryl methyl sites for hydroxylation is 2. The number of carboxylic acids is 1. The zero-order chi connectivity index (χ0) is 21.6. The van der Waals surface area contributed by atoms with E-state index in [9.17, 15) is 14.7 Å². The Morgan fingerprint density at radius 3 is 2.94 bits per heavy atom. The molecule has 0 fully saturated rings. The first-order valence-electron chi connectivity index (χ1n) is 11.1. The average molecular weight is 423 g/mol. The van der Waals surface area contributed by atoms with Crippen molar-refractivity contribution in [1.29, 1.82) is 0 Å². The SMILES string of the molecule is O=C(O)C[C@@H]1CCN(C(=O)NCCCc2ccc3c(n2)NCCC3)Cc2ccccc21. The molecule has 3 N–H and O–H groups in total. The lowest BCUT2D eigenvalue weighted by molar-refractivity contribution is -0.137. The molecule has 1 atom stereocenters. The first kappa shape index (κ1) is 21.2. The van der Waals surface area contributed by atoms with E-state index in [-0.39, 0.29) is 18.4 Å². The van der Waals surface area contributed by atoms with Crippen LogP contribution >= 0.6 is 0 Å². The number of carboxylic acid groups (broad SMARTS) is 1. The number of hydrogen-bond acceptors (Lipinski definition) is 4. The second-order valence-corrected chi connectivity index (χ2v) is 8.38. The van der Waals surface area contributed by atoms with Gasteiger partial charge in [-0.1, -0.05) is 30.3 Å². The van der Waals surface area contributed by atoms with E-state index in [2.05, 4.69) is 22.8 Å². The van der Waals surface area contributed by atoms with Gasteiger partial charge in [-0.25, -0.2) is 9.78 Å². The molecule has 2 aromatic rings. The van der Waals surface area contributed by atoms with Crippen molar-refractivity contribution >= 4 is 17.8 Å². The van der Waals surface area contributed by atoms with Crippen molar-refractivity contribution < 1.29 is 14.7 Å². The number of aromatic nitrogens is 1. The third-order valence-electron chi connectivity index (χ3n) is 6.15. The Morgan fingerprint density at radius 1 is 1.19 bits per heavy atom. The Kier molecular flexibility index (Phi) is 6.70. The van der Waals surface area contributed by atoms with Gasteiger partial charge in [-0.2, -0.15) is 0 Å². The normalized spacial score (nSPS) is 17.7. The molecule has 0 unspecified atom stereocenters. The van der Waals surface area contributed by atoms with Crippen LogP contribution in [0, 0.1) is 0 Å². The van der Waals surface area contributed by atoms with Crippen molar-refractivity contribution in [2.24, 2.45) is 0 Å². The highest BCUT2D eigenvalue weighted by Crippen LogP contribution is 2.31. The number of anilines is 1. The zero-order valence-electron chi connectivity index (χ0n) is 17.8. The van der Waals surface area contributed by atoms with Crippen LogP contribution in [0.15, 0.2) is 36.4 Å². The topological polar surface area (TPSA) is 94.6 Å². The number of carbonyl (C=O) groups is 2. The van der Waals surface area contributed by atoms with Crippen molar-refractivity contribution in [3.05, 3.63) is 58.8 Å². The summed E-state index contributed by atoms with van der Waals surface area (Å²) in [6.45, 7) is 2.63. The summed E-state index contributed by atoms with van der Waals surface area (Å²) in [7, 11) is 0. The summed E-state index contributed by atoms with van der Waals surface area (Å²) in [5, 5.41) is 15.6. The molecule has 1 aromatic heterocycles. The number of hydrogen-bond donors (Lipinski definition) is 3. The monoisotopic (exact) mass is 422 g/mol. The van der Waals surface area contributed by atoms with Crippen LogP contribution in [0.4, 0.5) is 10.6 Å². The molecule has 0 saturated carbocycles. The van der Waals surface area contributed by atoms with Gasteiger partial charge < -0.3 is 20.6 Å². The van der Waals surface area contributed by atoms with Crippen LogP contribution in [0.2, 0.25) is 0 Å². The Labute approximate surface area is 182 Å². The van der Waals surface area contributed by atoms with E-state index in [1.807, 2.05) is 24.3 Å². The smallest absolute Gasteiger partial charge is 0.317 e. The molecule has 0 bridgehead atoms. The van der Waals surface area contributed by atoms with E-state index < -0.39 is 5.97 Å². The van der Waals surface area contributed by atoms with Gasteiger partial charge in [0.1, 0.15) is 5.82 Å². The second-order valence-electron chi connectivity index (χ2n) is 8.38. The largest absolute Gasteiger partial charge is 0.481 e. The Balaban J connectivity index is 1.29. The lowest BCUT2D eigenvalue weighted by Gasteiger charge is -2.21. The molecule has 4 rings (SSSR count). The number of benzene rings is 1. The number of nitrogens with one attached hydrogen (secondary N) is 2. The number of fused-ring (bicyclic) bond motifs is 2. The van der Waals surface area contributed by atoms with Gasteiger partial charge in [0.05, 0.1) is 6.42 Å². The highest BCUT2D eigenvalue weighted by molar-refractivity contribution is 5.74. The molecule has 0 saturated heterocycles. The van der Waals surface area contributed by atoms with Gasteiger partial charge in [-0.05, 0) is 60.8 Å². The number of pyridine rings is 1. The van der Waals surface area contributed by atoms with Gasteiger partial charge in [-0.3, -0.25) is 4.79 Å². The molecular formula is C24H30N4O3. The quantitative estimate of drug-likeness (QED) is 0.619. The number of amides is 2. The molecule has 0 aliphatic carbocycles. The van der Waals surface area contributed by atoms with Crippen LogP contribution < -0.4 is 10.6 Å². The van der Waals surface area contributed by atoms with Crippen LogP contribution in [0.3, 0.4) is 0 Å². The maximum atomic E-state index is 12.8. The molecule has 0 spiro atoms. The van der Waals surface area contributed by atoms with E-state index in [0.29, 0.717) is 26.1 Å². The van der Waals surface area contributed by atoms with Gasteiger partial charge in [0.15, 0.2) is 0 Å². The molecule has 3 heterocycles. The summed E-state index contributed by atoms with van der Waals surface area (Å²) in [5.41, 5.74) is 4.41. The van der Waals surface area contributed by atoms with Crippen molar-refractivity contribution in [2.75, 3.05) is 25.0 Å². The minimum atomic E-state index is -0.802. The molecule has 7 heteroatoms. The standard InChI is InChI=1S/C24H30N4O3/c29-22(30)15-18-11-14-28(16-19-5-1-2-8-21(18)19)24(31)26-13-4-7-20-10-9-17-6-3-12-25-23(17)27-20/h1-2,5,8-10,18H,3-4,6-7,11-16H2,(H,25,27)(H,26,31)(H,29,30)/t18-/m0/s1. The lowest BCUT2D eigenvalue weighted by atomic mass is 9.90. The average Bonchev–Trinajstić information content (AvgIpc) is 2.96.